The van der Waals surface area contributed by atoms with E-state index in [1.54, 1.807) is 28.2 Å². The highest BCUT2D eigenvalue weighted by Crippen LogP contribution is 2.28. The molecule has 33 heavy (non-hydrogen) atoms. The van der Waals surface area contributed by atoms with Crippen LogP contribution in [0.3, 0.4) is 0 Å². The summed E-state index contributed by atoms with van der Waals surface area (Å²) in [7, 11) is 0. The predicted octanol–water partition coefficient (Wildman–Crippen LogP) is 4.67. The van der Waals surface area contributed by atoms with E-state index >= 15 is 0 Å². The lowest BCUT2D eigenvalue weighted by Crippen LogP contribution is -2.32. The SMILES string of the molecule is CC1CCN(Cc2ccc(-c3cn(Cc4ccc(-c5nnc(C(F)F)o5)cn4)nn3)s2)CC1. The van der Waals surface area contributed by atoms with Crippen molar-refractivity contribution in [2.24, 2.45) is 5.92 Å². The first-order chi connectivity index (χ1) is 16.0. The number of likely N-dealkylation sites (tertiary alicyclic amines) is 1. The minimum absolute atomic E-state index is 0.0138. The molecule has 8 nitrogen and oxygen atoms in total. The van der Waals surface area contributed by atoms with Gasteiger partial charge in [-0.1, -0.05) is 12.1 Å². The van der Waals surface area contributed by atoms with Crippen LogP contribution in [0, 0.1) is 5.92 Å². The first-order valence-electron chi connectivity index (χ1n) is 10.8. The summed E-state index contributed by atoms with van der Waals surface area (Å²) >= 11 is 1.75. The molecular formula is C22H23F2N7OS. The van der Waals surface area contributed by atoms with Crippen molar-refractivity contribution in [1.82, 2.24) is 35.1 Å². The standard InChI is InChI=1S/C22H23F2N7OS/c1-14-6-8-30(9-7-14)12-17-4-5-19(33-17)18-13-31(29-26-18)11-16-3-2-15(10-25-16)21-27-28-22(32-21)20(23)24/h2-5,10,13-14,20H,6-9,11-12H2,1H3. The maximum absolute atomic E-state index is 12.6. The molecule has 172 valence electrons. The maximum atomic E-state index is 12.6. The molecule has 0 spiro atoms. The van der Waals surface area contributed by atoms with Gasteiger partial charge in [-0.15, -0.1) is 26.6 Å². The summed E-state index contributed by atoms with van der Waals surface area (Å²) in [5, 5.41) is 15.5. The molecule has 0 aromatic carbocycles. The van der Waals surface area contributed by atoms with Gasteiger partial charge in [0.25, 0.3) is 5.89 Å². The van der Waals surface area contributed by atoms with Crippen molar-refractivity contribution in [3.63, 3.8) is 0 Å². The lowest BCUT2D eigenvalue weighted by Gasteiger charge is -2.29. The first kappa shape index (κ1) is 21.8. The summed E-state index contributed by atoms with van der Waals surface area (Å²) < 4.78 is 31.9. The fourth-order valence-corrected chi connectivity index (χ4v) is 4.78. The van der Waals surface area contributed by atoms with Gasteiger partial charge in [-0.05, 0) is 56.1 Å². The van der Waals surface area contributed by atoms with Gasteiger partial charge in [-0.3, -0.25) is 9.88 Å². The molecule has 0 N–H and O–H groups in total. The molecule has 0 radical (unpaired) electrons. The zero-order valence-corrected chi connectivity index (χ0v) is 18.9. The van der Waals surface area contributed by atoms with Gasteiger partial charge in [0.1, 0.15) is 5.69 Å². The summed E-state index contributed by atoms with van der Waals surface area (Å²) in [6.45, 7) is 6.07. The Bertz CT molecular complexity index is 1200. The van der Waals surface area contributed by atoms with E-state index in [2.05, 4.69) is 49.4 Å². The van der Waals surface area contributed by atoms with E-state index in [9.17, 15) is 8.78 Å². The number of halogens is 2. The fraction of sp³-hybridized carbons (Fsp3) is 0.409. The maximum Gasteiger partial charge on any atom is 0.314 e. The van der Waals surface area contributed by atoms with Gasteiger partial charge in [0, 0.05) is 17.6 Å². The normalized spacial score (nSPS) is 15.5. The minimum atomic E-state index is -2.80. The van der Waals surface area contributed by atoms with Crippen LogP contribution in [0.15, 0.2) is 41.1 Å². The Morgan fingerprint density at radius 2 is 1.94 bits per heavy atom. The largest absolute Gasteiger partial charge is 0.415 e. The van der Waals surface area contributed by atoms with E-state index in [1.165, 1.54) is 23.9 Å². The molecule has 11 heteroatoms. The van der Waals surface area contributed by atoms with Crippen LogP contribution in [0.25, 0.3) is 22.0 Å². The number of rotatable bonds is 7. The zero-order valence-electron chi connectivity index (χ0n) is 18.1. The van der Waals surface area contributed by atoms with E-state index in [-0.39, 0.29) is 5.89 Å². The lowest BCUT2D eigenvalue weighted by molar-refractivity contribution is 0.116. The van der Waals surface area contributed by atoms with E-state index in [0.717, 1.165) is 41.8 Å². The number of piperidine rings is 1. The monoisotopic (exact) mass is 471 g/mol. The molecule has 0 saturated carbocycles. The van der Waals surface area contributed by atoms with E-state index in [0.29, 0.717) is 12.1 Å². The molecule has 0 amide bonds. The van der Waals surface area contributed by atoms with Crippen LogP contribution in [0.1, 0.15) is 42.7 Å². The van der Waals surface area contributed by atoms with Crippen LogP contribution in [0.2, 0.25) is 0 Å². The van der Waals surface area contributed by atoms with Crippen LogP contribution in [0.4, 0.5) is 8.78 Å². The van der Waals surface area contributed by atoms with Crippen LogP contribution < -0.4 is 0 Å². The molecule has 4 aromatic rings. The van der Waals surface area contributed by atoms with Gasteiger partial charge in [0.05, 0.1) is 28.9 Å². The third-order valence-electron chi connectivity index (χ3n) is 5.73. The Kier molecular flexibility index (Phi) is 6.23. The molecule has 1 fully saturated rings. The summed E-state index contributed by atoms with van der Waals surface area (Å²) in [6.07, 6.45) is 3.16. The Morgan fingerprint density at radius 1 is 1.09 bits per heavy atom. The van der Waals surface area contributed by atoms with Crippen molar-refractivity contribution in [3.05, 3.63) is 53.1 Å². The van der Waals surface area contributed by atoms with Crippen LogP contribution in [-0.4, -0.2) is 48.2 Å². The van der Waals surface area contributed by atoms with E-state index in [4.69, 9.17) is 4.42 Å². The molecule has 5 heterocycles. The van der Waals surface area contributed by atoms with Crippen molar-refractivity contribution in [1.29, 1.82) is 0 Å². The Labute approximate surface area is 193 Å². The molecule has 0 aliphatic carbocycles. The van der Waals surface area contributed by atoms with Crippen molar-refractivity contribution in [2.75, 3.05) is 13.1 Å². The van der Waals surface area contributed by atoms with Crippen LogP contribution >= 0.6 is 11.3 Å². The minimum Gasteiger partial charge on any atom is -0.415 e. The molecular weight excluding hydrogens is 448 g/mol. The van der Waals surface area contributed by atoms with Gasteiger partial charge in [0.2, 0.25) is 5.89 Å². The van der Waals surface area contributed by atoms with E-state index in [1.807, 2.05) is 6.20 Å². The summed E-state index contributed by atoms with van der Waals surface area (Å²) in [5.74, 6) is 0.143. The number of hydrogen-bond acceptors (Lipinski definition) is 8. The molecule has 0 unspecified atom stereocenters. The summed E-state index contributed by atoms with van der Waals surface area (Å²) in [4.78, 5) is 9.30. The molecule has 1 aliphatic rings. The van der Waals surface area contributed by atoms with Gasteiger partial charge >= 0.3 is 6.43 Å². The number of thiophene rings is 1. The molecule has 5 rings (SSSR count). The Morgan fingerprint density at radius 3 is 2.67 bits per heavy atom. The molecule has 0 atom stereocenters. The second kappa shape index (κ2) is 9.44. The van der Waals surface area contributed by atoms with Crippen LogP contribution in [0.5, 0.6) is 0 Å². The highest BCUT2D eigenvalue weighted by Gasteiger charge is 2.18. The highest BCUT2D eigenvalue weighted by atomic mass is 32.1. The van der Waals surface area contributed by atoms with Crippen LogP contribution in [-0.2, 0) is 13.1 Å². The average molecular weight is 472 g/mol. The van der Waals surface area contributed by atoms with Gasteiger partial charge in [-0.2, -0.15) is 8.78 Å². The number of alkyl halides is 2. The smallest absolute Gasteiger partial charge is 0.314 e. The van der Waals surface area contributed by atoms with Crippen molar-refractivity contribution in [3.8, 4) is 22.0 Å². The number of aromatic nitrogens is 6. The Hall–Kier alpha value is -3.05. The number of nitrogens with zero attached hydrogens (tertiary/aromatic N) is 7. The zero-order chi connectivity index (χ0) is 22.8. The summed E-state index contributed by atoms with van der Waals surface area (Å²) in [5.41, 5.74) is 2.06. The third-order valence-corrected chi connectivity index (χ3v) is 6.82. The van der Waals surface area contributed by atoms with Crippen molar-refractivity contribution in [2.45, 2.75) is 39.3 Å². The topological polar surface area (TPSA) is 85.8 Å². The van der Waals surface area contributed by atoms with Crippen molar-refractivity contribution < 1.29 is 13.2 Å². The highest BCUT2D eigenvalue weighted by molar-refractivity contribution is 7.15. The molecule has 4 aromatic heterocycles. The van der Waals surface area contributed by atoms with Gasteiger partial charge in [-0.25, -0.2) is 4.68 Å². The van der Waals surface area contributed by atoms with Crippen molar-refractivity contribution >= 4 is 11.3 Å². The number of pyridine rings is 1. The lowest BCUT2D eigenvalue weighted by atomic mass is 9.99. The summed E-state index contributed by atoms with van der Waals surface area (Å²) in [6, 6.07) is 7.75. The van der Waals surface area contributed by atoms with Gasteiger partial charge < -0.3 is 4.42 Å². The third kappa shape index (κ3) is 5.14. The Balaban J connectivity index is 1.21. The molecule has 1 saturated heterocycles. The quantitative estimate of drug-likeness (QED) is 0.387. The average Bonchev–Trinajstić information content (AvgIpc) is 3.57. The van der Waals surface area contributed by atoms with E-state index < -0.39 is 12.3 Å². The molecule has 0 bridgehead atoms. The number of hydrogen-bond donors (Lipinski definition) is 0. The second-order valence-electron chi connectivity index (χ2n) is 8.31. The molecule has 1 aliphatic heterocycles. The second-order valence-corrected chi connectivity index (χ2v) is 9.48. The fourth-order valence-electron chi connectivity index (χ4n) is 3.78. The first-order valence-corrected chi connectivity index (χ1v) is 11.6. The predicted molar refractivity (Wildman–Crippen MR) is 119 cm³/mol. The van der Waals surface area contributed by atoms with Gasteiger partial charge in [0.15, 0.2) is 0 Å².